The molecule has 1 aromatic rings. The van der Waals surface area contributed by atoms with Gasteiger partial charge in [0, 0.05) is 12.6 Å². The average molecular weight is 261 g/mol. The number of hydrogen-bond acceptors (Lipinski definition) is 3. The van der Waals surface area contributed by atoms with E-state index in [1.165, 1.54) is 6.07 Å². The van der Waals surface area contributed by atoms with E-state index >= 15 is 0 Å². The highest BCUT2D eigenvalue weighted by Crippen LogP contribution is 2.20. The fourth-order valence-electron chi connectivity index (χ4n) is 1.70. The Balaban J connectivity index is 2.21. The van der Waals surface area contributed by atoms with Gasteiger partial charge in [-0.3, -0.25) is 0 Å². The van der Waals surface area contributed by atoms with E-state index in [1.807, 2.05) is 0 Å². The van der Waals surface area contributed by atoms with E-state index in [9.17, 15) is 8.42 Å². The zero-order chi connectivity index (χ0) is 11.6. The standard InChI is InChI=1S/C10H13ClN2O2S/c11-9-3-1-2-4-10(9)16(14,15)13-8-5-6-12-7-8/h1-4,8,12-13H,5-7H2/t8-/m0/s1. The third kappa shape index (κ3) is 2.55. The summed E-state index contributed by atoms with van der Waals surface area (Å²) in [5.74, 6) is 0. The summed E-state index contributed by atoms with van der Waals surface area (Å²) in [5, 5.41) is 3.35. The van der Waals surface area contributed by atoms with Crippen LogP contribution in [0.2, 0.25) is 5.02 Å². The molecule has 1 fully saturated rings. The lowest BCUT2D eigenvalue weighted by atomic mass is 10.3. The minimum absolute atomic E-state index is 0.0405. The molecule has 4 nitrogen and oxygen atoms in total. The van der Waals surface area contributed by atoms with Crippen LogP contribution < -0.4 is 10.0 Å². The van der Waals surface area contributed by atoms with Gasteiger partial charge in [0.15, 0.2) is 0 Å². The molecule has 1 heterocycles. The van der Waals surface area contributed by atoms with Crippen molar-refractivity contribution in [2.24, 2.45) is 0 Å². The van der Waals surface area contributed by atoms with Crippen LogP contribution in [0.1, 0.15) is 6.42 Å². The topological polar surface area (TPSA) is 58.2 Å². The van der Waals surface area contributed by atoms with Crippen LogP contribution >= 0.6 is 11.6 Å². The summed E-state index contributed by atoms with van der Waals surface area (Å²) < 4.78 is 26.6. The fourth-order valence-corrected chi connectivity index (χ4v) is 3.49. The Morgan fingerprint density at radius 3 is 2.75 bits per heavy atom. The molecule has 88 valence electrons. The maximum atomic E-state index is 12.0. The van der Waals surface area contributed by atoms with Crippen molar-refractivity contribution in [1.29, 1.82) is 0 Å². The van der Waals surface area contributed by atoms with Crippen LogP contribution in [-0.4, -0.2) is 27.5 Å². The maximum Gasteiger partial charge on any atom is 0.242 e. The van der Waals surface area contributed by atoms with E-state index in [1.54, 1.807) is 18.2 Å². The van der Waals surface area contributed by atoms with Crippen LogP contribution in [0.4, 0.5) is 0 Å². The van der Waals surface area contributed by atoms with Crippen molar-refractivity contribution < 1.29 is 8.42 Å². The van der Waals surface area contributed by atoms with Crippen molar-refractivity contribution in [1.82, 2.24) is 10.0 Å². The SMILES string of the molecule is O=S(=O)(N[C@H]1CCNC1)c1ccccc1Cl. The fraction of sp³-hybridized carbons (Fsp3) is 0.400. The van der Waals surface area contributed by atoms with Crippen LogP contribution in [-0.2, 0) is 10.0 Å². The molecule has 0 amide bonds. The molecule has 1 aliphatic heterocycles. The average Bonchev–Trinajstić information content (AvgIpc) is 2.70. The third-order valence-electron chi connectivity index (χ3n) is 2.51. The molecule has 0 aliphatic carbocycles. The second-order valence-corrected chi connectivity index (χ2v) is 5.83. The van der Waals surface area contributed by atoms with Gasteiger partial charge < -0.3 is 5.32 Å². The molecular formula is C10H13ClN2O2S. The minimum atomic E-state index is -3.50. The maximum absolute atomic E-state index is 12.0. The predicted octanol–water partition coefficient (Wildman–Crippen LogP) is 0.980. The summed E-state index contributed by atoms with van der Waals surface area (Å²) in [5.41, 5.74) is 0. The Labute approximate surface area is 100 Å². The Morgan fingerprint density at radius 2 is 2.12 bits per heavy atom. The first-order valence-corrected chi connectivity index (χ1v) is 6.93. The number of benzene rings is 1. The summed E-state index contributed by atoms with van der Waals surface area (Å²) in [6.45, 7) is 1.51. The highest BCUT2D eigenvalue weighted by atomic mass is 35.5. The van der Waals surface area contributed by atoms with Gasteiger partial charge in [-0.1, -0.05) is 23.7 Å². The Kier molecular flexibility index (Phi) is 3.49. The molecule has 1 aliphatic rings. The van der Waals surface area contributed by atoms with Crippen molar-refractivity contribution in [3.8, 4) is 0 Å². The lowest BCUT2D eigenvalue weighted by Gasteiger charge is -2.12. The minimum Gasteiger partial charge on any atom is -0.315 e. The van der Waals surface area contributed by atoms with Crippen LogP contribution in [0.25, 0.3) is 0 Å². The summed E-state index contributed by atoms with van der Waals surface area (Å²) in [6, 6.07) is 6.41. The van der Waals surface area contributed by atoms with E-state index in [-0.39, 0.29) is 16.0 Å². The molecule has 0 unspecified atom stereocenters. The number of sulfonamides is 1. The largest absolute Gasteiger partial charge is 0.315 e. The van der Waals surface area contributed by atoms with Crippen molar-refractivity contribution in [2.45, 2.75) is 17.4 Å². The van der Waals surface area contributed by atoms with Crippen LogP contribution in [0.15, 0.2) is 29.2 Å². The Hall–Kier alpha value is -0.620. The van der Waals surface area contributed by atoms with Gasteiger partial charge in [-0.2, -0.15) is 0 Å². The molecule has 16 heavy (non-hydrogen) atoms. The first-order chi connectivity index (χ1) is 7.59. The van der Waals surface area contributed by atoms with Gasteiger partial charge in [-0.15, -0.1) is 0 Å². The number of hydrogen-bond donors (Lipinski definition) is 2. The van der Waals surface area contributed by atoms with Gasteiger partial charge in [0.25, 0.3) is 0 Å². The molecule has 0 bridgehead atoms. The molecule has 1 saturated heterocycles. The Bertz CT molecular complexity index is 469. The van der Waals surface area contributed by atoms with Gasteiger partial charge in [-0.25, -0.2) is 13.1 Å². The van der Waals surface area contributed by atoms with Crippen molar-refractivity contribution >= 4 is 21.6 Å². The molecule has 0 aromatic heterocycles. The number of nitrogens with one attached hydrogen (secondary N) is 2. The molecule has 0 radical (unpaired) electrons. The second kappa shape index (κ2) is 4.71. The van der Waals surface area contributed by atoms with Gasteiger partial charge in [0.2, 0.25) is 10.0 Å². The summed E-state index contributed by atoms with van der Waals surface area (Å²) in [6.07, 6.45) is 0.809. The molecule has 1 atom stereocenters. The summed E-state index contributed by atoms with van der Waals surface area (Å²) in [4.78, 5) is 0.142. The van der Waals surface area contributed by atoms with Gasteiger partial charge in [0.1, 0.15) is 4.90 Å². The zero-order valence-electron chi connectivity index (χ0n) is 8.61. The molecule has 2 rings (SSSR count). The molecular weight excluding hydrogens is 248 g/mol. The Morgan fingerprint density at radius 1 is 1.38 bits per heavy atom. The van der Waals surface area contributed by atoms with Crippen molar-refractivity contribution in [2.75, 3.05) is 13.1 Å². The van der Waals surface area contributed by atoms with Crippen LogP contribution in [0, 0.1) is 0 Å². The number of rotatable bonds is 3. The molecule has 0 saturated carbocycles. The van der Waals surface area contributed by atoms with Crippen molar-refractivity contribution in [3.05, 3.63) is 29.3 Å². The highest BCUT2D eigenvalue weighted by molar-refractivity contribution is 7.89. The first-order valence-electron chi connectivity index (χ1n) is 5.07. The zero-order valence-corrected chi connectivity index (χ0v) is 10.2. The summed E-state index contributed by atoms with van der Waals surface area (Å²) in [7, 11) is -3.50. The third-order valence-corrected chi connectivity index (χ3v) is 4.53. The monoisotopic (exact) mass is 260 g/mol. The smallest absolute Gasteiger partial charge is 0.242 e. The molecule has 6 heteroatoms. The van der Waals surface area contributed by atoms with Gasteiger partial charge >= 0.3 is 0 Å². The van der Waals surface area contributed by atoms with E-state index in [0.29, 0.717) is 6.54 Å². The van der Waals surface area contributed by atoms with Crippen LogP contribution in [0.3, 0.4) is 0 Å². The van der Waals surface area contributed by atoms with Crippen molar-refractivity contribution in [3.63, 3.8) is 0 Å². The van der Waals surface area contributed by atoms with E-state index in [0.717, 1.165) is 13.0 Å². The lowest BCUT2D eigenvalue weighted by molar-refractivity contribution is 0.560. The number of halogens is 1. The van der Waals surface area contributed by atoms with Gasteiger partial charge in [0.05, 0.1) is 5.02 Å². The first kappa shape index (κ1) is 11.9. The predicted molar refractivity (Wildman–Crippen MR) is 63.0 cm³/mol. The van der Waals surface area contributed by atoms with E-state index in [2.05, 4.69) is 10.0 Å². The van der Waals surface area contributed by atoms with Gasteiger partial charge in [-0.05, 0) is 25.1 Å². The van der Waals surface area contributed by atoms with Crippen LogP contribution in [0.5, 0.6) is 0 Å². The second-order valence-electron chi connectivity index (χ2n) is 3.74. The highest BCUT2D eigenvalue weighted by Gasteiger charge is 2.23. The van der Waals surface area contributed by atoms with E-state index in [4.69, 9.17) is 11.6 Å². The quantitative estimate of drug-likeness (QED) is 0.852. The molecule has 2 N–H and O–H groups in total. The normalized spacial score (nSPS) is 21.2. The van der Waals surface area contributed by atoms with E-state index < -0.39 is 10.0 Å². The lowest BCUT2D eigenvalue weighted by Crippen LogP contribution is -2.36. The summed E-state index contributed by atoms with van der Waals surface area (Å²) >= 11 is 5.86. The molecule has 1 aromatic carbocycles. The molecule has 0 spiro atoms.